The lowest BCUT2D eigenvalue weighted by atomic mass is 9.90. The average molecular weight is 355 g/mol. The minimum Gasteiger partial charge on any atom is -0.480 e. The second-order valence-corrected chi connectivity index (χ2v) is 6.89. The molecule has 1 aliphatic carbocycles. The number of rotatable bonds is 7. The summed E-state index contributed by atoms with van der Waals surface area (Å²) in [4.78, 5) is 35.3. The Labute approximate surface area is 148 Å². The van der Waals surface area contributed by atoms with Gasteiger partial charge in [-0.3, -0.25) is 4.79 Å². The molecule has 8 heteroatoms. The van der Waals surface area contributed by atoms with E-state index in [9.17, 15) is 19.5 Å². The second-order valence-electron chi connectivity index (χ2n) is 6.89. The molecule has 0 spiro atoms. The van der Waals surface area contributed by atoms with Crippen molar-refractivity contribution in [3.63, 3.8) is 0 Å². The molecule has 0 aromatic carbocycles. The first kappa shape index (κ1) is 19.5. The van der Waals surface area contributed by atoms with Gasteiger partial charge in [0, 0.05) is 45.1 Å². The maximum atomic E-state index is 12.0. The van der Waals surface area contributed by atoms with Gasteiger partial charge in [-0.05, 0) is 19.3 Å². The van der Waals surface area contributed by atoms with E-state index < -0.39 is 11.5 Å². The van der Waals surface area contributed by atoms with Gasteiger partial charge in [0.1, 0.15) is 5.54 Å². The smallest absolute Gasteiger partial charge is 0.329 e. The number of urea groups is 1. The molecule has 2 fully saturated rings. The van der Waals surface area contributed by atoms with E-state index in [0.717, 1.165) is 25.7 Å². The molecule has 0 aromatic heterocycles. The number of carboxylic acid groups (broad SMARTS) is 1. The van der Waals surface area contributed by atoms with Crippen molar-refractivity contribution < 1.29 is 24.2 Å². The first-order valence-electron chi connectivity index (χ1n) is 9.18. The minimum absolute atomic E-state index is 0.180. The molecule has 25 heavy (non-hydrogen) atoms. The number of hydrogen-bond acceptors (Lipinski definition) is 4. The zero-order chi connectivity index (χ0) is 18.1. The topological polar surface area (TPSA) is 117 Å². The van der Waals surface area contributed by atoms with Gasteiger partial charge in [0.25, 0.3) is 0 Å². The van der Waals surface area contributed by atoms with Gasteiger partial charge >= 0.3 is 12.0 Å². The molecule has 0 aromatic rings. The molecule has 3 amide bonds. The molecule has 1 aliphatic heterocycles. The van der Waals surface area contributed by atoms with Crippen molar-refractivity contribution >= 4 is 17.9 Å². The van der Waals surface area contributed by atoms with Crippen LogP contribution < -0.4 is 16.0 Å². The summed E-state index contributed by atoms with van der Waals surface area (Å²) in [7, 11) is 0. The summed E-state index contributed by atoms with van der Waals surface area (Å²) in [5.41, 5.74) is -1.22. The fourth-order valence-electron chi connectivity index (χ4n) is 3.38. The van der Waals surface area contributed by atoms with Crippen LogP contribution in [0.15, 0.2) is 0 Å². The van der Waals surface area contributed by atoms with E-state index in [0.29, 0.717) is 26.2 Å². The van der Waals surface area contributed by atoms with Crippen LogP contribution in [0.3, 0.4) is 0 Å². The molecule has 1 saturated heterocycles. The van der Waals surface area contributed by atoms with Crippen molar-refractivity contribution in [2.24, 2.45) is 0 Å². The van der Waals surface area contributed by atoms with E-state index in [1.807, 2.05) is 0 Å². The fourth-order valence-corrected chi connectivity index (χ4v) is 3.38. The Balaban J connectivity index is 1.62. The lowest BCUT2D eigenvalue weighted by molar-refractivity contribution is -0.152. The SMILES string of the molecule is O=C(CCCNC(=O)NC1CCCCC1)NC1(C(=O)O)CCOCC1. The Kier molecular flexibility index (Phi) is 7.49. The highest BCUT2D eigenvalue weighted by Crippen LogP contribution is 2.21. The van der Waals surface area contributed by atoms with Gasteiger partial charge in [0.05, 0.1) is 0 Å². The van der Waals surface area contributed by atoms with E-state index >= 15 is 0 Å². The van der Waals surface area contributed by atoms with Crippen LogP contribution in [0.2, 0.25) is 0 Å². The Morgan fingerprint density at radius 1 is 1.08 bits per heavy atom. The third-order valence-electron chi connectivity index (χ3n) is 4.94. The maximum absolute atomic E-state index is 12.0. The number of carbonyl (C=O) groups excluding carboxylic acids is 2. The summed E-state index contributed by atoms with van der Waals surface area (Å²) in [6.07, 6.45) is 6.79. The van der Waals surface area contributed by atoms with Crippen LogP contribution in [0.4, 0.5) is 4.79 Å². The van der Waals surface area contributed by atoms with E-state index in [4.69, 9.17) is 4.74 Å². The van der Waals surface area contributed by atoms with Gasteiger partial charge in [-0.15, -0.1) is 0 Å². The largest absolute Gasteiger partial charge is 0.480 e. The fraction of sp³-hybridized carbons (Fsp3) is 0.824. The summed E-state index contributed by atoms with van der Waals surface area (Å²) >= 11 is 0. The standard InChI is InChI=1S/C17H29N3O5/c21-14(20-17(15(22)23)8-11-25-12-9-17)7-4-10-18-16(24)19-13-5-2-1-3-6-13/h13H,1-12H2,(H,20,21)(H,22,23)(H2,18,19,24). The van der Waals surface area contributed by atoms with E-state index in [1.54, 1.807) is 0 Å². The molecule has 0 atom stereocenters. The van der Waals surface area contributed by atoms with E-state index in [2.05, 4.69) is 16.0 Å². The highest BCUT2D eigenvalue weighted by atomic mass is 16.5. The molecule has 1 heterocycles. The van der Waals surface area contributed by atoms with Crippen LogP contribution in [-0.2, 0) is 14.3 Å². The predicted molar refractivity (Wildman–Crippen MR) is 91.2 cm³/mol. The Morgan fingerprint density at radius 3 is 2.40 bits per heavy atom. The first-order chi connectivity index (χ1) is 12.0. The Hall–Kier alpha value is -1.83. The van der Waals surface area contributed by atoms with Gasteiger partial charge in [-0.25, -0.2) is 9.59 Å². The molecule has 8 nitrogen and oxygen atoms in total. The quantitative estimate of drug-likeness (QED) is 0.511. The van der Waals surface area contributed by atoms with Crippen LogP contribution in [0.25, 0.3) is 0 Å². The van der Waals surface area contributed by atoms with Gasteiger partial charge in [0.15, 0.2) is 0 Å². The number of nitrogens with one attached hydrogen (secondary N) is 3. The van der Waals surface area contributed by atoms with Crippen LogP contribution in [-0.4, -0.2) is 54.4 Å². The summed E-state index contributed by atoms with van der Waals surface area (Å²) in [5, 5.41) is 17.7. The second kappa shape index (κ2) is 9.60. The number of ether oxygens (including phenoxy) is 1. The minimum atomic E-state index is -1.22. The highest BCUT2D eigenvalue weighted by Gasteiger charge is 2.41. The number of aliphatic carboxylic acids is 1. The Morgan fingerprint density at radius 2 is 1.76 bits per heavy atom. The van der Waals surface area contributed by atoms with Crippen LogP contribution in [0.5, 0.6) is 0 Å². The van der Waals surface area contributed by atoms with Gasteiger partial charge in [-0.2, -0.15) is 0 Å². The number of hydrogen-bond donors (Lipinski definition) is 4. The number of carboxylic acids is 1. The molecule has 2 rings (SSSR count). The van der Waals surface area contributed by atoms with E-state index in [1.165, 1.54) is 6.42 Å². The molecule has 0 bridgehead atoms. The van der Waals surface area contributed by atoms with Gasteiger partial charge in [0.2, 0.25) is 5.91 Å². The van der Waals surface area contributed by atoms with Crippen molar-refractivity contribution in [2.75, 3.05) is 19.8 Å². The average Bonchev–Trinajstić information content (AvgIpc) is 2.60. The zero-order valence-corrected chi connectivity index (χ0v) is 14.6. The van der Waals surface area contributed by atoms with Crippen LogP contribution in [0, 0.1) is 0 Å². The molecule has 142 valence electrons. The summed E-state index contributed by atoms with van der Waals surface area (Å²) < 4.78 is 5.17. The first-order valence-corrected chi connectivity index (χ1v) is 9.18. The highest BCUT2D eigenvalue weighted by molar-refractivity contribution is 5.87. The maximum Gasteiger partial charge on any atom is 0.329 e. The van der Waals surface area contributed by atoms with Gasteiger partial charge < -0.3 is 25.8 Å². The molecular formula is C17H29N3O5. The molecular weight excluding hydrogens is 326 g/mol. The van der Waals surface area contributed by atoms with Crippen molar-refractivity contribution in [3.05, 3.63) is 0 Å². The molecule has 4 N–H and O–H groups in total. The molecule has 0 unspecified atom stereocenters. The van der Waals surface area contributed by atoms with Crippen LogP contribution >= 0.6 is 0 Å². The zero-order valence-electron chi connectivity index (χ0n) is 14.6. The van der Waals surface area contributed by atoms with Crippen molar-refractivity contribution in [1.82, 2.24) is 16.0 Å². The lowest BCUT2D eigenvalue weighted by Crippen LogP contribution is -2.57. The monoisotopic (exact) mass is 355 g/mol. The third-order valence-corrected chi connectivity index (χ3v) is 4.94. The van der Waals surface area contributed by atoms with Gasteiger partial charge in [-0.1, -0.05) is 19.3 Å². The third kappa shape index (κ3) is 6.19. The van der Waals surface area contributed by atoms with Crippen molar-refractivity contribution in [2.45, 2.75) is 69.4 Å². The summed E-state index contributed by atoms with van der Waals surface area (Å²) in [5.74, 6) is -1.33. The number of amides is 3. The lowest BCUT2D eigenvalue weighted by Gasteiger charge is -2.33. The van der Waals surface area contributed by atoms with Crippen LogP contribution in [0.1, 0.15) is 57.8 Å². The molecule has 0 radical (unpaired) electrons. The summed E-state index contributed by atoms with van der Waals surface area (Å²) in [6, 6.07) is 0.0553. The van der Waals surface area contributed by atoms with Crippen molar-refractivity contribution in [1.29, 1.82) is 0 Å². The normalized spacial score (nSPS) is 20.5. The van der Waals surface area contributed by atoms with E-state index in [-0.39, 0.29) is 37.2 Å². The Bertz CT molecular complexity index is 471. The predicted octanol–water partition coefficient (Wildman–Crippen LogP) is 1.15. The summed E-state index contributed by atoms with van der Waals surface area (Å²) in [6.45, 7) is 1.04. The molecule has 1 saturated carbocycles. The van der Waals surface area contributed by atoms with Crippen molar-refractivity contribution in [3.8, 4) is 0 Å². The molecule has 2 aliphatic rings. The number of carbonyl (C=O) groups is 3.